The second-order valence-corrected chi connectivity index (χ2v) is 6.80. The van der Waals surface area contributed by atoms with E-state index in [0.717, 1.165) is 17.0 Å². The molecule has 0 aromatic carbocycles. The predicted molar refractivity (Wildman–Crippen MR) is 67.8 cm³/mol. The molecule has 0 atom stereocenters. The van der Waals surface area contributed by atoms with E-state index in [1.165, 1.54) is 11.3 Å². The molecule has 2 rings (SSSR count). The van der Waals surface area contributed by atoms with E-state index in [9.17, 15) is 8.42 Å². The Morgan fingerprint density at radius 2 is 2.24 bits per heavy atom. The molecule has 0 bridgehead atoms. The summed E-state index contributed by atoms with van der Waals surface area (Å²) >= 11 is 1.24. The van der Waals surface area contributed by atoms with E-state index in [-0.39, 0.29) is 0 Å². The van der Waals surface area contributed by atoms with Crippen molar-refractivity contribution in [1.29, 1.82) is 0 Å². The molecule has 0 spiro atoms. The number of aromatic nitrogens is 2. The molecule has 0 radical (unpaired) electrons. The van der Waals surface area contributed by atoms with Gasteiger partial charge in [0.15, 0.2) is 5.82 Å². The maximum Gasteiger partial charge on any atom is 0.272 e. The summed E-state index contributed by atoms with van der Waals surface area (Å²) in [6, 6.07) is 5.06. The number of hydrogen-bond acceptors (Lipinski definition) is 4. The van der Waals surface area contributed by atoms with Crippen molar-refractivity contribution in [2.24, 2.45) is 0 Å². The molecule has 2 aromatic rings. The average molecular weight is 271 g/mol. The highest BCUT2D eigenvalue weighted by atomic mass is 32.2. The molecule has 17 heavy (non-hydrogen) atoms. The minimum atomic E-state index is -3.50. The van der Waals surface area contributed by atoms with Crippen LogP contribution in [-0.4, -0.2) is 18.6 Å². The Hall–Kier alpha value is -1.34. The van der Waals surface area contributed by atoms with Crippen LogP contribution >= 0.6 is 11.3 Å². The first-order chi connectivity index (χ1) is 8.01. The molecule has 0 aliphatic carbocycles. The zero-order chi connectivity index (χ0) is 12.5. The van der Waals surface area contributed by atoms with Gasteiger partial charge in [0.1, 0.15) is 4.21 Å². The Labute approximate surface area is 104 Å². The van der Waals surface area contributed by atoms with Crippen molar-refractivity contribution in [2.45, 2.75) is 24.5 Å². The number of H-pyrrole nitrogens is 1. The summed E-state index contributed by atoms with van der Waals surface area (Å²) in [6.45, 7) is 3.84. The number of thiophene rings is 1. The third-order valence-corrected chi connectivity index (χ3v) is 5.08. The molecule has 0 aliphatic heterocycles. The first-order valence-electron chi connectivity index (χ1n) is 5.15. The van der Waals surface area contributed by atoms with E-state index in [1.807, 2.05) is 13.8 Å². The van der Waals surface area contributed by atoms with Crippen LogP contribution in [0.2, 0.25) is 0 Å². The van der Waals surface area contributed by atoms with E-state index in [4.69, 9.17) is 0 Å². The van der Waals surface area contributed by atoms with Crippen LogP contribution in [0.25, 0.3) is 0 Å². The summed E-state index contributed by atoms with van der Waals surface area (Å²) in [5, 5.41) is 6.66. The lowest BCUT2D eigenvalue weighted by Gasteiger charge is -2.01. The van der Waals surface area contributed by atoms with Gasteiger partial charge in [-0.25, -0.2) is 8.42 Å². The maximum atomic E-state index is 12.0. The van der Waals surface area contributed by atoms with Crippen LogP contribution in [0.3, 0.4) is 0 Å². The second kappa shape index (κ2) is 4.50. The molecule has 0 fully saturated rings. The highest BCUT2D eigenvalue weighted by Gasteiger charge is 2.17. The quantitative estimate of drug-likeness (QED) is 0.894. The topological polar surface area (TPSA) is 74.8 Å². The number of anilines is 1. The molecule has 2 N–H and O–H groups in total. The number of aryl methyl sites for hydroxylation is 2. The fourth-order valence-corrected chi connectivity index (χ4v) is 3.61. The van der Waals surface area contributed by atoms with Gasteiger partial charge in [0.05, 0.1) is 0 Å². The van der Waals surface area contributed by atoms with E-state index in [0.29, 0.717) is 10.0 Å². The number of nitrogens with zero attached hydrogens (tertiary/aromatic N) is 1. The molecular formula is C10H13N3O2S2. The van der Waals surface area contributed by atoms with Crippen molar-refractivity contribution >= 4 is 27.2 Å². The second-order valence-electron chi connectivity index (χ2n) is 3.60. The van der Waals surface area contributed by atoms with Gasteiger partial charge in [0.2, 0.25) is 0 Å². The standard InChI is InChI=1S/C10H13N3O2S2/c1-3-8-6-9(12-11-8)13-17(14,15)10-5-4-7(2)16-10/h4-6H,3H2,1-2H3,(H2,11,12,13). The van der Waals surface area contributed by atoms with Gasteiger partial charge in [0.25, 0.3) is 10.0 Å². The van der Waals surface area contributed by atoms with Crippen molar-refractivity contribution in [2.75, 3.05) is 4.72 Å². The largest absolute Gasteiger partial charge is 0.280 e. The molecule has 7 heteroatoms. The van der Waals surface area contributed by atoms with E-state index in [2.05, 4.69) is 14.9 Å². The Bertz CT molecular complexity index is 613. The number of hydrogen-bond donors (Lipinski definition) is 2. The maximum absolute atomic E-state index is 12.0. The van der Waals surface area contributed by atoms with Crippen LogP contribution in [0, 0.1) is 6.92 Å². The van der Waals surface area contributed by atoms with Crippen LogP contribution < -0.4 is 4.72 Å². The SMILES string of the molecule is CCc1cc(NS(=O)(=O)c2ccc(C)s2)n[nH]1. The average Bonchev–Trinajstić information content (AvgIpc) is 2.86. The monoisotopic (exact) mass is 271 g/mol. The zero-order valence-corrected chi connectivity index (χ0v) is 11.2. The van der Waals surface area contributed by atoms with Gasteiger partial charge in [-0.2, -0.15) is 5.10 Å². The van der Waals surface area contributed by atoms with Crippen molar-refractivity contribution in [3.63, 3.8) is 0 Å². The summed E-state index contributed by atoms with van der Waals surface area (Å²) in [5.74, 6) is 0.327. The molecule has 0 saturated heterocycles. The fourth-order valence-electron chi connectivity index (χ4n) is 1.34. The molecule has 0 saturated carbocycles. The smallest absolute Gasteiger partial charge is 0.272 e. The molecular weight excluding hydrogens is 258 g/mol. The van der Waals surface area contributed by atoms with Crippen molar-refractivity contribution in [1.82, 2.24) is 10.2 Å². The molecule has 5 nitrogen and oxygen atoms in total. The van der Waals surface area contributed by atoms with Gasteiger partial charge in [-0.1, -0.05) is 6.92 Å². The minimum Gasteiger partial charge on any atom is -0.280 e. The fraction of sp³-hybridized carbons (Fsp3) is 0.300. The molecule has 2 heterocycles. The number of aromatic amines is 1. The van der Waals surface area contributed by atoms with E-state index < -0.39 is 10.0 Å². The molecule has 0 amide bonds. The summed E-state index contributed by atoms with van der Waals surface area (Å²) < 4.78 is 26.7. The lowest BCUT2D eigenvalue weighted by atomic mass is 10.3. The molecule has 92 valence electrons. The van der Waals surface area contributed by atoms with Crippen molar-refractivity contribution in [3.8, 4) is 0 Å². The number of nitrogens with one attached hydrogen (secondary N) is 2. The van der Waals surface area contributed by atoms with Crippen LogP contribution in [0.5, 0.6) is 0 Å². The molecule has 0 unspecified atom stereocenters. The third kappa shape index (κ3) is 2.67. The van der Waals surface area contributed by atoms with Gasteiger partial charge < -0.3 is 0 Å². The summed E-state index contributed by atoms with van der Waals surface area (Å²) in [5.41, 5.74) is 0.894. The minimum absolute atomic E-state index is 0.302. The van der Waals surface area contributed by atoms with E-state index in [1.54, 1.807) is 18.2 Å². The zero-order valence-electron chi connectivity index (χ0n) is 9.52. The van der Waals surface area contributed by atoms with Gasteiger partial charge >= 0.3 is 0 Å². The van der Waals surface area contributed by atoms with Gasteiger partial charge in [-0.15, -0.1) is 11.3 Å². The first kappa shape index (κ1) is 12.1. The Kier molecular flexibility index (Phi) is 3.21. The van der Waals surface area contributed by atoms with Crippen LogP contribution in [0.4, 0.5) is 5.82 Å². The number of rotatable bonds is 4. The summed E-state index contributed by atoms with van der Waals surface area (Å²) in [6.07, 6.45) is 0.785. The van der Waals surface area contributed by atoms with Crippen LogP contribution in [0.15, 0.2) is 22.4 Å². The highest BCUT2D eigenvalue weighted by molar-refractivity contribution is 7.94. The van der Waals surface area contributed by atoms with E-state index >= 15 is 0 Å². The molecule has 0 aliphatic rings. The van der Waals surface area contributed by atoms with Crippen molar-refractivity contribution in [3.05, 3.63) is 28.8 Å². The first-order valence-corrected chi connectivity index (χ1v) is 7.45. The van der Waals surface area contributed by atoms with Gasteiger partial charge in [-0.05, 0) is 25.5 Å². The van der Waals surface area contributed by atoms with Crippen molar-refractivity contribution < 1.29 is 8.42 Å². The van der Waals surface area contributed by atoms with Crippen LogP contribution in [0.1, 0.15) is 17.5 Å². The third-order valence-electron chi connectivity index (χ3n) is 2.23. The summed E-state index contributed by atoms with van der Waals surface area (Å²) in [4.78, 5) is 0.960. The Morgan fingerprint density at radius 3 is 2.76 bits per heavy atom. The Morgan fingerprint density at radius 1 is 1.47 bits per heavy atom. The summed E-state index contributed by atoms with van der Waals surface area (Å²) in [7, 11) is -3.50. The van der Waals surface area contributed by atoms with Gasteiger partial charge in [0, 0.05) is 16.6 Å². The Balaban J connectivity index is 2.23. The van der Waals surface area contributed by atoms with Crippen LogP contribution in [-0.2, 0) is 16.4 Å². The van der Waals surface area contributed by atoms with Gasteiger partial charge in [-0.3, -0.25) is 9.82 Å². The lowest BCUT2D eigenvalue weighted by Crippen LogP contribution is -2.11. The molecule has 2 aromatic heterocycles. The predicted octanol–water partition coefficient (Wildman–Crippen LogP) is 2.14. The lowest BCUT2D eigenvalue weighted by molar-refractivity contribution is 0.603. The highest BCUT2D eigenvalue weighted by Crippen LogP contribution is 2.22. The normalized spacial score (nSPS) is 11.6. The number of sulfonamides is 1.